The minimum atomic E-state index is -0.374. The van der Waals surface area contributed by atoms with Crippen LogP contribution in [0.3, 0.4) is 0 Å². The summed E-state index contributed by atoms with van der Waals surface area (Å²) in [6.45, 7) is 2.95. The summed E-state index contributed by atoms with van der Waals surface area (Å²) < 4.78 is 5.33. The fourth-order valence-electron chi connectivity index (χ4n) is 3.29. The topological polar surface area (TPSA) is 84.6 Å². The van der Waals surface area contributed by atoms with Crippen molar-refractivity contribution >= 4 is 23.0 Å². The van der Waals surface area contributed by atoms with Crippen LogP contribution in [-0.2, 0) is 11.2 Å². The van der Waals surface area contributed by atoms with Crippen molar-refractivity contribution in [3.8, 4) is 0 Å². The Kier molecular flexibility index (Phi) is 3.73. The Morgan fingerprint density at radius 1 is 1.08 bits per heavy atom. The van der Waals surface area contributed by atoms with Crippen LogP contribution in [0.1, 0.15) is 5.56 Å². The second-order valence-corrected chi connectivity index (χ2v) is 5.76. The van der Waals surface area contributed by atoms with Crippen LogP contribution in [0.4, 0.5) is 23.0 Å². The fourth-order valence-corrected chi connectivity index (χ4v) is 3.29. The van der Waals surface area contributed by atoms with Crippen LogP contribution in [0.5, 0.6) is 0 Å². The van der Waals surface area contributed by atoms with Crippen LogP contribution in [0.25, 0.3) is 0 Å². The summed E-state index contributed by atoms with van der Waals surface area (Å²) in [6.07, 6.45) is 2.26. The first-order valence-corrected chi connectivity index (χ1v) is 7.93. The van der Waals surface area contributed by atoms with E-state index in [-0.39, 0.29) is 10.6 Å². The maximum absolute atomic E-state index is 11.8. The molecule has 8 nitrogen and oxygen atoms in total. The Morgan fingerprint density at radius 2 is 1.83 bits per heavy atom. The SMILES string of the molecule is O=[N+]([O-])c1c(N2CCOCC2)ncnc1N1CCc2ccccc21. The van der Waals surface area contributed by atoms with Crippen molar-refractivity contribution in [3.63, 3.8) is 0 Å². The van der Waals surface area contributed by atoms with Gasteiger partial charge in [-0.15, -0.1) is 0 Å². The van der Waals surface area contributed by atoms with E-state index in [1.165, 1.54) is 11.9 Å². The summed E-state index contributed by atoms with van der Waals surface area (Å²) in [5.74, 6) is 0.735. The number of anilines is 3. The van der Waals surface area contributed by atoms with E-state index in [0.717, 1.165) is 12.1 Å². The summed E-state index contributed by atoms with van der Waals surface area (Å²) in [4.78, 5) is 23.7. The highest BCUT2D eigenvalue weighted by atomic mass is 16.6. The van der Waals surface area contributed by atoms with Crippen LogP contribution in [0, 0.1) is 10.1 Å². The maximum Gasteiger partial charge on any atom is 0.354 e. The Hall–Kier alpha value is -2.74. The van der Waals surface area contributed by atoms with E-state index < -0.39 is 0 Å². The number of aromatic nitrogens is 2. The number of fused-ring (bicyclic) bond motifs is 1. The van der Waals surface area contributed by atoms with Crippen molar-refractivity contribution < 1.29 is 9.66 Å². The Bertz CT molecular complexity index is 776. The van der Waals surface area contributed by atoms with E-state index >= 15 is 0 Å². The number of para-hydroxylation sites is 1. The molecule has 0 bridgehead atoms. The molecule has 0 radical (unpaired) electrons. The molecule has 0 amide bonds. The van der Waals surface area contributed by atoms with Gasteiger partial charge in [0.05, 0.1) is 18.1 Å². The average Bonchev–Trinajstić information content (AvgIpc) is 3.05. The molecular weight excluding hydrogens is 310 g/mol. The number of morpholine rings is 1. The number of nitro groups is 1. The normalized spacial score (nSPS) is 17.0. The van der Waals surface area contributed by atoms with Gasteiger partial charge in [-0.05, 0) is 18.1 Å². The Morgan fingerprint density at radius 3 is 2.62 bits per heavy atom. The monoisotopic (exact) mass is 327 g/mol. The molecule has 4 rings (SSSR count). The van der Waals surface area contributed by atoms with Crippen molar-refractivity contribution in [1.82, 2.24) is 9.97 Å². The van der Waals surface area contributed by atoms with E-state index in [4.69, 9.17) is 4.74 Å². The van der Waals surface area contributed by atoms with Gasteiger partial charge in [0.1, 0.15) is 6.33 Å². The minimum absolute atomic E-state index is 0.0314. The third-order valence-corrected chi connectivity index (χ3v) is 4.42. The lowest BCUT2D eigenvalue weighted by Crippen LogP contribution is -2.37. The molecule has 1 saturated heterocycles. The van der Waals surface area contributed by atoms with E-state index in [9.17, 15) is 10.1 Å². The smallest absolute Gasteiger partial charge is 0.354 e. The van der Waals surface area contributed by atoms with Gasteiger partial charge in [0.2, 0.25) is 11.6 Å². The Labute approximate surface area is 138 Å². The zero-order valence-electron chi connectivity index (χ0n) is 13.1. The van der Waals surface area contributed by atoms with Gasteiger partial charge >= 0.3 is 5.69 Å². The van der Waals surface area contributed by atoms with Crippen molar-refractivity contribution in [2.75, 3.05) is 42.6 Å². The van der Waals surface area contributed by atoms with E-state index in [1.54, 1.807) is 0 Å². The third-order valence-electron chi connectivity index (χ3n) is 4.42. The van der Waals surface area contributed by atoms with Crippen molar-refractivity contribution in [1.29, 1.82) is 0 Å². The van der Waals surface area contributed by atoms with E-state index in [1.807, 2.05) is 34.1 Å². The van der Waals surface area contributed by atoms with Crippen LogP contribution in [0.2, 0.25) is 0 Å². The van der Waals surface area contributed by atoms with Gasteiger partial charge < -0.3 is 14.5 Å². The molecule has 0 N–H and O–H groups in total. The van der Waals surface area contributed by atoms with Crippen LogP contribution in [-0.4, -0.2) is 47.7 Å². The first kappa shape index (κ1) is 14.8. The molecule has 0 atom stereocenters. The van der Waals surface area contributed by atoms with E-state index in [2.05, 4.69) is 9.97 Å². The second-order valence-electron chi connectivity index (χ2n) is 5.76. The molecule has 1 fully saturated rings. The molecule has 8 heteroatoms. The number of nitrogens with zero attached hydrogens (tertiary/aromatic N) is 5. The van der Waals surface area contributed by atoms with Gasteiger partial charge in [-0.2, -0.15) is 0 Å². The van der Waals surface area contributed by atoms with E-state index in [0.29, 0.717) is 44.5 Å². The molecule has 24 heavy (non-hydrogen) atoms. The highest BCUT2D eigenvalue weighted by Gasteiger charge is 2.33. The fraction of sp³-hybridized carbons (Fsp3) is 0.375. The predicted molar refractivity (Wildman–Crippen MR) is 88.9 cm³/mol. The average molecular weight is 327 g/mol. The number of hydrogen-bond acceptors (Lipinski definition) is 7. The first-order chi connectivity index (χ1) is 11.8. The highest BCUT2D eigenvalue weighted by Crippen LogP contribution is 2.41. The molecule has 3 heterocycles. The summed E-state index contributed by atoms with van der Waals surface area (Å²) in [6, 6.07) is 7.94. The quantitative estimate of drug-likeness (QED) is 0.629. The van der Waals surface area contributed by atoms with Crippen molar-refractivity contribution in [3.05, 3.63) is 46.3 Å². The summed E-state index contributed by atoms with van der Waals surface area (Å²) >= 11 is 0. The molecule has 0 aliphatic carbocycles. The van der Waals surface area contributed by atoms with Gasteiger partial charge in [-0.25, -0.2) is 9.97 Å². The third kappa shape index (κ3) is 2.44. The number of rotatable bonds is 3. The summed E-state index contributed by atoms with van der Waals surface area (Å²) in [5.41, 5.74) is 2.13. The van der Waals surface area contributed by atoms with Crippen LogP contribution < -0.4 is 9.80 Å². The maximum atomic E-state index is 11.8. The molecule has 1 aromatic carbocycles. The Balaban J connectivity index is 1.80. The zero-order valence-corrected chi connectivity index (χ0v) is 13.1. The molecule has 124 valence electrons. The predicted octanol–water partition coefficient (Wildman–Crippen LogP) is 1.92. The van der Waals surface area contributed by atoms with Crippen LogP contribution >= 0.6 is 0 Å². The lowest BCUT2D eigenvalue weighted by molar-refractivity contribution is -0.383. The molecule has 2 aliphatic rings. The molecule has 0 saturated carbocycles. The number of hydrogen-bond donors (Lipinski definition) is 0. The molecule has 0 spiro atoms. The van der Waals surface area contributed by atoms with Gasteiger partial charge in [-0.1, -0.05) is 18.2 Å². The molecular formula is C16H17N5O3. The summed E-state index contributed by atoms with van der Waals surface area (Å²) in [7, 11) is 0. The van der Waals surface area contributed by atoms with Gasteiger partial charge in [0.15, 0.2) is 0 Å². The lowest BCUT2D eigenvalue weighted by Gasteiger charge is -2.28. The van der Waals surface area contributed by atoms with Crippen molar-refractivity contribution in [2.24, 2.45) is 0 Å². The molecule has 2 aromatic rings. The largest absolute Gasteiger partial charge is 0.378 e. The van der Waals surface area contributed by atoms with Gasteiger partial charge in [-0.3, -0.25) is 10.1 Å². The molecule has 2 aliphatic heterocycles. The minimum Gasteiger partial charge on any atom is -0.378 e. The first-order valence-electron chi connectivity index (χ1n) is 7.93. The molecule has 1 aromatic heterocycles. The van der Waals surface area contributed by atoms with Gasteiger partial charge in [0.25, 0.3) is 0 Å². The summed E-state index contributed by atoms with van der Waals surface area (Å²) in [5, 5.41) is 11.8. The van der Waals surface area contributed by atoms with Crippen molar-refractivity contribution in [2.45, 2.75) is 6.42 Å². The zero-order chi connectivity index (χ0) is 16.5. The van der Waals surface area contributed by atoms with Gasteiger partial charge in [0, 0.05) is 25.3 Å². The number of benzene rings is 1. The van der Waals surface area contributed by atoms with Crippen LogP contribution in [0.15, 0.2) is 30.6 Å². The molecule has 0 unspecified atom stereocenters. The standard InChI is InChI=1S/C16H17N5O3/c22-21(23)14-15(19-7-9-24-10-8-19)17-11-18-16(14)20-6-5-12-3-1-2-4-13(12)20/h1-4,11H,5-10H2. The number of ether oxygens (including phenoxy) is 1. The highest BCUT2D eigenvalue weighted by molar-refractivity contribution is 5.78. The lowest BCUT2D eigenvalue weighted by atomic mass is 10.2. The second kappa shape index (κ2) is 6.04.